The fourth-order valence-electron chi connectivity index (χ4n) is 2.60. The molecule has 0 saturated heterocycles. The monoisotopic (exact) mass is 381 g/mol. The maximum Gasteiger partial charge on any atom is 0.260 e. The predicted molar refractivity (Wildman–Crippen MR) is 107 cm³/mol. The Balaban J connectivity index is 1.97. The van der Waals surface area contributed by atoms with Gasteiger partial charge in [0.15, 0.2) is 5.13 Å². The average molecular weight is 381 g/mol. The number of likely N-dealkylation sites (N-methyl/N-ethyl adjacent to an activating group) is 1. The maximum atomic E-state index is 13.1. The van der Waals surface area contributed by atoms with Crippen LogP contribution in [0.5, 0.6) is 5.75 Å². The number of nitrogens with one attached hydrogen (secondary N) is 1. The summed E-state index contributed by atoms with van der Waals surface area (Å²) in [5, 5.41) is 9.62. The van der Waals surface area contributed by atoms with Crippen molar-refractivity contribution in [2.45, 2.75) is 0 Å². The van der Waals surface area contributed by atoms with E-state index in [9.17, 15) is 4.79 Å². The first-order valence-electron chi connectivity index (χ1n) is 8.57. The van der Waals surface area contributed by atoms with E-state index in [-0.39, 0.29) is 5.91 Å². The summed E-state index contributed by atoms with van der Waals surface area (Å²) in [5.74, 6) is 0.646. The van der Waals surface area contributed by atoms with Crippen molar-refractivity contribution in [3.8, 4) is 11.8 Å². The van der Waals surface area contributed by atoms with Gasteiger partial charge in [0.25, 0.3) is 5.91 Å². The summed E-state index contributed by atoms with van der Waals surface area (Å²) >= 11 is 1.47. The molecule has 0 fully saturated rings. The number of benzene rings is 2. The van der Waals surface area contributed by atoms with Crippen LogP contribution in [0.15, 0.2) is 42.5 Å². The van der Waals surface area contributed by atoms with E-state index in [0.29, 0.717) is 22.8 Å². The molecule has 6 nitrogen and oxygen atoms in total. The second kappa shape index (κ2) is 8.16. The number of ether oxygens (including phenoxy) is 1. The van der Waals surface area contributed by atoms with E-state index >= 15 is 0 Å². The van der Waals surface area contributed by atoms with Crippen molar-refractivity contribution < 1.29 is 14.4 Å². The molecule has 1 heterocycles. The number of fused-ring (bicyclic) bond motifs is 1. The molecule has 0 aliphatic carbocycles. The van der Waals surface area contributed by atoms with Crippen molar-refractivity contribution in [1.29, 1.82) is 5.26 Å². The Bertz CT molecular complexity index is 989. The molecule has 0 aliphatic rings. The number of hydrogen-bond donors (Lipinski definition) is 1. The molecule has 0 radical (unpaired) electrons. The molecular weight excluding hydrogens is 360 g/mol. The van der Waals surface area contributed by atoms with Crippen molar-refractivity contribution in [3.05, 3.63) is 53.6 Å². The van der Waals surface area contributed by atoms with E-state index in [2.05, 4.69) is 11.1 Å². The highest BCUT2D eigenvalue weighted by Gasteiger charge is 2.22. The molecule has 1 amide bonds. The predicted octanol–water partition coefficient (Wildman–Crippen LogP) is 1.97. The molecule has 0 aliphatic heterocycles. The van der Waals surface area contributed by atoms with Crippen LogP contribution >= 0.6 is 11.3 Å². The van der Waals surface area contributed by atoms with E-state index in [1.165, 1.54) is 16.2 Å². The van der Waals surface area contributed by atoms with Gasteiger partial charge in [0.1, 0.15) is 5.75 Å². The summed E-state index contributed by atoms with van der Waals surface area (Å²) in [6, 6.07) is 14.5. The SMILES string of the molecule is COc1ccc2nc(N(CC[NH+](C)C)C(=O)c3ccc(C#N)cc3)sc2c1. The molecule has 7 heteroatoms. The van der Waals surface area contributed by atoms with E-state index in [1.807, 2.05) is 32.3 Å². The summed E-state index contributed by atoms with van der Waals surface area (Å²) in [4.78, 5) is 20.7. The standard InChI is InChI=1S/C20H20N4O2S/c1-23(2)10-11-24(19(25)15-6-4-14(13-21)5-7-15)20-22-17-9-8-16(26-3)12-18(17)27-20/h4-9,12H,10-11H2,1-3H3/p+1. The second-order valence-corrected chi connectivity index (χ2v) is 7.44. The number of methoxy groups -OCH3 is 1. The topological polar surface area (TPSA) is 70.7 Å². The van der Waals surface area contributed by atoms with E-state index < -0.39 is 0 Å². The molecule has 3 aromatic rings. The van der Waals surface area contributed by atoms with E-state index in [4.69, 9.17) is 10.00 Å². The molecule has 0 atom stereocenters. The number of aromatic nitrogens is 1. The Hall–Kier alpha value is -2.95. The third kappa shape index (κ3) is 4.25. The van der Waals surface area contributed by atoms with Crippen molar-refractivity contribution in [3.63, 3.8) is 0 Å². The Morgan fingerprint density at radius 2 is 2.00 bits per heavy atom. The number of carbonyl (C=O) groups excluding carboxylic acids is 1. The summed E-state index contributed by atoms with van der Waals surface area (Å²) in [6.07, 6.45) is 0. The van der Waals surface area contributed by atoms with Crippen LogP contribution in [-0.2, 0) is 0 Å². The number of rotatable bonds is 6. The van der Waals surface area contributed by atoms with E-state index in [0.717, 1.165) is 22.5 Å². The van der Waals surface area contributed by atoms with E-state index in [1.54, 1.807) is 36.3 Å². The minimum atomic E-state index is -0.119. The molecule has 27 heavy (non-hydrogen) atoms. The van der Waals surface area contributed by atoms with Crippen LogP contribution in [0.4, 0.5) is 5.13 Å². The minimum Gasteiger partial charge on any atom is -0.497 e. The molecule has 0 spiro atoms. The van der Waals surface area contributed by atoms with Crippen molar-refractivity contribution in [2.75, 3.05) is 39.2 Å². The lowest BCUT2D eigenvalue weighted by Gasteiger charge is -2.20. The highest BCUT2D eigenvalue weighted by atomic mass is 32.1. The number of nitriles is 1. The number of thiazole rings is 1. The summed E-state index contributed by atoms with van der Waals surface area (Å²) in [6.45, 7) is 1.35. The summed E-state index contributed by atoms with van der Waals surface area (Å²) in [7, 11) is 5.73. The average Bonchev–Trinajstić information content (AvgIpc) is 3.10. The quantitative estimate of drug-likeness (QED) is 0.709. The first-order valence-corrected chi connectivity index (χ1v) is 9.39. The summed E-state index contributed by atoms with van der Waals surface area (Å²) < 4.78 is 6.25. The van der Waals surface area contributed by atoms with Gasteiger partial charge >= 0.3 is 0 Å². The van der Waals surface area contributed by atoms with Crippen LogP contribution in [0.3, 0.4) is 0 Å². The number of anilines is 1. The Morgan fingerprint density at radius 1 is 1.26 bits per heavy atom. The molecule has 2 aromatic carbocycles. The number of carbonyl (C=O) groups is 1. The Morgan fingerprint density at radius 3 is 2.63 bits per heavy atom. The first-order chi connectivity index (χ1) is 13.0. The zero-order valence-corrected chi connectivity index (χ0v) is 16.3. The van der Waals surface area contributed by atoms with Crippen LogP contribution in [-0.4, -0.2) is 45.2 Å². The van der Waals surface area contributed by atoms with Crippen LogP contribution in [0.2, 0.25) is 0 Å². The van der Waals surface area contributed by atoms with Gasteiger partial charge in [-0.15, -0.1) is 0 Å². The normalized spacial score (nSPS) is 10.8. The highest BCUT2D eigenvalue weighted by molar-refractivity contribution is 7.22. The number of quaternary nitrogens is 1. The zero-order chi connectivity index (χ0) is 19.4. The van der Waals surface area contributed by atoms with Gasteiger partial charge in [0.05, 0.1) is 56.1 Å². The lowest BCUT2D eigenvalue weighted by atomic mass is 10.1. The van der Waals surface area contributed by atoms with Crippen LogP contribution in [0, 0.1) is 11.3 Å². The second-order valence-electron chi connectivity index (χ2n) is 6.43. The molecular formula is C20H21N4O2S+. The van der Waals surface area contributed by atoms with Crippen LogP contribution in [0.1, 0.15) is 15.9 Å². The Labute approximate surface area is 162 Å². The first kappa shape index (κ1) is 18.8. The Kier molecular flexibility index (Phi) is 5.69. The molecule has 138 valence electrons. The zero-order valence-electron chi connectivity index (χ0n) is 15.5. The maximum absolute atomic E-state index is 13.1. The van der Waals surface area contributed by atoms with Gasteiger partial charge < -0.3 is 9.64 Å². The van der Waals surface area contributed by atoms with Gasteiger partial charge in [-0.05, 0) is 42.5 Å². The molecule has 3 rings (SSSR count). The third-order valence-electron chi connectivity index (χ3n) is 4.16. The fourth-order valence-corrected chi connectivity index (χ4v) is 3.62. The third-order valence-corrected chi connectivity index (χ3v) is 5.20. The van der Waals surface area contributed by atoms with Crippen molar-refractivity contribution in [2.24, 2.45) is 0 Å². The number of nitrogens with zero attached hydrogens (tertiary/aromatic N) is 3. The smallest absolute Gasteiger partial charge is 0.260 e. The minimum absolute atomic E-state index is 0.119. The van der Waals surface area contributed by atoms with Gasteiger partial charge in [-0.3, -0.25) is 9.69 Å². The van der Waals surface area contributed by atoms with Crippen molar-refractivity contribution >= 4 is 32.6 Å². The molecule has 1 aromatic heterocycles. The summed E-state index contributed by atoms with van der Waals surface area (Å²) in [5.41, 5.74) is 1.91. The highest BCUT2D eigenvalue weighted by Crippen LogP contribution is 2.32. The van der Waals surface area contributed by atoms with Gasteiger partial charge in [0.2, 0.25) is 0 Å². The molecule has 0 saturated carbocycles. The fraction of sp³-hybridized carbons (Fsp3) is 0.250. The molecule has 1 N–H and O–H groups in total. The van der Waals surface area contributed by atoms with Gasteiger partial charge in [-0.1, -0.05) is 11.3 Å². The van der Waals surface area contributed by atoms with Gasteiger partial charge in [-0.2, -0.15) is 5.26 Å². The van der Waals surface area contributed by atoms with Crippen LogP contribution < -0.4 is 14.5 Å². The van der Waals surface area contributed by atoms with Gasteiger partial charge in [-0.25, -0.2) is 4.98 Å². The van der Waals surface area contributed by atoms with Crippen molar-refractivity contribution in [1.82, 2.24) is 4.98 Å². The lowest BCUT2D eigenvalue weighted by Crippen LogP contribution is -3.06. The van der Waals surface area contributed by atoms with Gasteiger partial charge in [0, 0.05) is 5.56 Å². The number of amides is 1. The molecule has 0 bridgehead atoms. The largest absolute Gasteiger partial charge is 0.497 e. The lowest BCUT2D eigenvalue weighted by molar-refractivity contribution is -0.856. The molecule has 0 unspecified atom stereocenters. The van der Waals surface area contributed by atoms with Crippen LogP contribution in [0.25, 0.3) is 10.2 Å². The number of hydrogen-bond acceptors (Lipinski definition) is 5.